The summed E-state index contributed by atoms with van der Waals surface area (Å²) in [5, 5.41) is 3.94. The standard InChI is InChI=1S/C16H15IN2O3/c1-21-13-6-3-11(4-7-13)10-18-19-16(20)12-5-8-14(17)15(9-12)22-2/h3-10H,1-2H3,(H,19,20)/b18-10-. The van der Waals surface area contributed by atoms with Crippen molar-refractivity contribution in [3.8, 4) is 11.5 Å². The smallest absolute Gasteiger partial charge is 0.271 e. The number of ether oxygens (including phenoxy) is 2. The van der Waals surface area contributed by atoms with Crippen LogP contribution in [-0.2, 0) is 0 Å². The van der Waals surface area contributed by atoms with Crippen LogP contribution in [0, 0.1) is 3.57 Å². The number of carbonyl (C=O) groups excluding carboxylic acids is 1. The minimum absolute atomic E-state index is 0.292. The van der Waals surface area contributed by atoms with Crippen LogP contribution in [-0.4, -0.2) is 26.3 Å². The van der Waals surface area contributed by atoms with Gasteiger partial charge in [0.05, 0.1) is 24.0 Å². The highest BCUT2D eigenvalue weighted by Crippen LogP contribution is 2.21. The molecule has 0 aliphatic heterocycles. The topological polar surface area (TPSA) is 59.9 Å². The first kappa shape index (κ1) is 16.3. The Morgan fingerprint density at radius 1 is 1.14 bits per heavy atom. The van der Waals surface area contributed by atoms with Gasteiger partial charge in [-0.05, 0) is 70.6 Å². The van der Waals surface area contributed by atoms with Crippen LogP contribution >= 0.6 is 22.6 Å². The summed E-state index contributed by atoms with van der Waals surface area (Å²) in [6, 6.07) is 12.6. The van der Waals surface area contributed by atoms with E-state index in [1.165, 1.54) is 0 Å². The molecule has 1 N–H and O–H groups in total. The van der Waals surface area contributed by atoms with Crippen LogP contribution < -0.4 is 14.9 Å². The number of nitrogens with one attached hydrogen (secondary N) is 1. The summed E-state index contributed by atoms with van der Waals surface area (Å²) < 4.78 is 11.2. The molecule has 2 aromatic rings. The van der Waals surface area contributed by atoms with Crippen LogP contribution in [0.25, 0.3) is 0 Å². The number of carbonyl (C=O) groups is 1. The Balaban J connectivity index is 2.01. The van der Waals surface area contributed by atoms with Crippen LogP contribution in [0.5, 0.6) is 11.5 Å². The number of amides is 1. The number of nitrogens with zero attached hydrogens (tertiary/aromatic N) is 1. The molecule has 0 spiro atoms. The fourth-order valence-electron chi connectivity index (χ4n) is 1.72. The molecule has 1 amide bonds. The molecule has 2 aromatic carbocycles. The monoisotopic (exact) mass is 410 g/mol. The van der Waals surface area contributed by atoms with Crippen molar-refractivity contribution in [2.24, 2.45) is 5.10 Å². The highest BCUT2D eigenvalue weighted by molar-refractivity contribution is 14.1. The van der Waals surface area contributed by atoms with Crippen molar-refractivity contribution in [2.75, 3.05) is 14.2 Å². The molecular formula is C16H15IN2O3. The van der Waals surface area contributed by atoms with Gasteiger partial charge in [-0.3, -0.25) is 4.79 Å². The van der Waals surface area contributed by atoms with Gasteiger partial charge in [0.15, 0.2) is 0 Å². The van der Waals surface area contributed by atoms with E-state index in [2.05, 4.69) is 33.1 Å². The van der Waals surface area contributed by atoms with Gasteiger partial charge >= 0.3 is 0 Å². The summed E-state index contributed by atoms with van der Waals surface area (Å²) >= 11 is 2.15. The van der Waals surface area contributed by atoms with E-state index in [0.29, 0.717) is 11.3 Å². The van der Waals surface area contributed by atoms with Crippen LogP contribution in [0.2, 0.25) is 0 Å². The first-order valence-electron chi connectivity index (χ1n) is 6.45. The third kappa shape index (κ3) is 4.20. The van der Waals surface area contributed by atoms with Crippen molar-refractivity contribution in [3.05, 3.63) is 57.2 Å². The van der Waals surface area contributed by atoms with E-state index in [9.17, 15) is 4.79 Å². The summed E-state index contributed by atoms with van der Waals surface area (Å²) in [5.74, 6) is 1.14. The SMILES string of the molecule is COc1ccc(/C=N\NC(=O)c2ccc(I)c(OC)c2)cc1. The number of hydrogen-bond donors (Lipinski definition) is 1. The second-order valence-corrected chi connectivity index (χ2v) is 5.48. The van der Waals surface area contributed by atoms with Crippen molar-refractivity contribution in [1.82, 2.24) is 5.43 Å². The molecule has 6 heteroatoms. The summed E-state index contributed by atoms with van der Waals surface area (Å²) in [5.41, 5.74) is 3.84. The van der Waals surface area contributed by atoms with Gasteiger partial charge in [0, 0.05) is 5.56 Å². The van der Waals surface area contributed by atoms with Crippen LogP contribution in [0.3, 0.4) is 0 Å². The molecule has 0 aromatic heterocycles. The highest BCUT2D eigenvalue weighted by atomic mass is 127. The Hall–Kier alpha value is -2.09. The Morgan fingerprint density at radius 3 is 2.50 bits per heavy atom. The second kappa shape index (κ2) is 7.79. The largest absolute Gasteiger partial charge is 0.497 e. The van der Waals surface area contributed by atoms with E-state index in [0.717, 1.165) is 14.9 Å². The molecule has 2 rings (SSSR count). The lowest BCUT2D eigenvalue weighted by atomic mass is 10.2. The first-order chi connectivity index (χ1) is 10.6. The average molecular weight is 410 g/mol. The molecule has 5 nitrogen and oxygen atoms in total. The fraction of sp³-hybridized carbons (Fsp3) is 0.125. The lowest BCUT2D eigenvalue weighted by molar-refractivity contribution is 0.0954. The predicted molar refractivity (Wildman–Crippen MR) is 93.8 cm³/mol. The van der Waals surface area contributed by atoms with Crippen molar-refractivity contribution in [3.63, 3.8) is 0 Å². The first-order valence-corrected chi connectivity index (χ1v) is 7.53. The molecule has 0 radical (unpaired) electrons. The van der Waals surface area contributed by atoms with Gasteiger partial charge in [0.1, 0.15) is 11.5 Å². The van der Waals surface area contributed by atoms with E-state index < -0.39 is 0 Å². The third-order valence-corrected chi connectivity index (χ3v) is 3.80. The van der Waals surface area contributed by atoms with Crippen molar-refractivity contribution in [2.45, 2.75) is 0 Å². The van der Waals surface area contributed by atoms with Crippen LogP contribution in [0.15, 0.2) is 47.6 Å². The van der Waals surface area contributed by atoms with Gasteiger partial charge < -0.3 is 9.47 Å². The molecule has 0 bridgehead atoms. The molecule has 0 aliphatic carbocycles. The zero-order valence-corrected chi connectivity index (χ0v) is 14.3. The summed E-state index contributed by atoms with van der Waals surface area (Å²) in [6.07, 6.45) is 1.57. The third-order valence-electron chi connectivity index (χ3n) is 2.91. The number of benzene rings is 2. The molecule has 0 saturated carbocycles. The Kier molecular flexibility index (Phi) is 5.76. The summed E-state index contributed by atoms with van der Waals surface area (Å²) in [4.78, 5) is 12.0. The maximum atomic E-state index is 12.0. The molecule has 0 fully saturated rings. The lowest BCUT2D eigenvalue weighted by Crippen LogP contribution is -2.17. The highest BCUT2D eigenvalue weighted by Gasteiger charge is 2.08. The van der Waals surface area contributed by atoms with Crippen LogP contribution in [0.4, 0.5) is 0 Å². The Morgan fingerprint density at radius 2 is 1.86 bits per heavy atom. The minimum Gasteiger partial charge on any atom is -0.497 e. The average Bonchev–Trinajstić information content (AvgIpc) is 2.55. The zero-order chi connectivity index (χ0) is 15.9. The summed E-state index contributed by atoms with van der Waals surface area (Å²) in [7, 11) is 3.18. The number of methoxy groups -OCH3 is 2. The normalized spacial score (nSPS) is 10.5. The van der Waals surface area contributed by atoms with E-state index in [1.807, 2.05) is 30.3 Å². The van der Waals surface area contributed by atoms with Crippen molar-refractivity contribution < 1.29 is 14.3 Å². The van der Waals surface area contributed by atoms with Gasteiger partial charge in [-0.25, -0.2) is 5.43 Å². The van der Waals surface area contributed by atoms with Gasteiger partial charge in [0.25, 0.3) is 5.91 Å². The van der Waals surface area contributed by atoms with Crippen molar-refractivity contribution >= 4 is 34.7 Å². The Labute approximate surface area is 142 Å². The molecule has 0 aliphatic rings. The molecule has 22 heavy (non-hydrogen) atoms. The van der Waals surface area contributed by atoms with Gasteiger partial charge in [-0.2, -0.15) is 5.10 Å². The number of halogens is 1. The van der Waals surface area contributed by atoms with E-state index >= 15 is 0 Å². The molecule has 0 unspecified atom stereocenters. The quantitative estimate of drug-likeness (QED) is 0.468. The van der Waals surface area contributed by atoms with Crippen molar-refractivity contribution in [1.29, 1.82) is 0 Å². The van der Waals surface area contributed by atoms with Crippen LogP contribution in [0.1, 0.15) is 15.9 Å². The molecule has 0 heterocycles. The van der Waals surface area contributed by atoms with Gasteiger partial charge in [0.2, 0.25) is 0 Å². The van der Waals surface area contributed by atoms with E-state index in [1.54, 1.807) is 32.6 Å². The predicted octanol–water partition coefficient (Wildman–Crippen LogP) is 3.07. The molecular weight excluding hydrogens is 395 g/mol. The van der Waals surface area contributed by atoms with E-state index in [4.69, 9.17) is 9.47 Å². The number of hydrogen-bond acceptors (Lipinski definition) is 4. The zero-order valence-electron chi connectivity index (χ0n) is 12.2. The molecule has 114 valence electrons. The van der Waals surface area contributed by atoms with Gasteiger partial charge in [-0.15, -0.1) is 0 Å². The minimum atomic E-state index is -0.292. The maximum absolute atomic E-state index is 12.0. The number of rotatable bonds is 5. The lowest BCUT2D eigenvalue weighted by Gasteiger charge is -2.05. The second-order valence-electron chi connectivity index (χ2n) is 4.32. The van der Waals surface area contributed by atoms with E-state index in [-0.39, 0.29) is 5.91 Å². The fourth-order valence-corrected chi connectivity index (χ4v) is 2.28. The number of hydrazone groups is 1. The molecule has 0 saturated heterocycles. The maximum Gasteiger partial charge on any atom is 0.271 e. The molecule has 0 atom stereocenters. The Bertz CT molecular complexity index is 684. The van der Waals surface area contributed by atoms with Gasteiger partial charge in [-0.1, -0.05) is 0 Å². The summed E-state index contributed by atoms with van der Waals surface area (Å²) in [6.45, 7) is 0.